The van der Waals surface area contributed by atoms with E-state index in [0.29, 0.717) is 11.8 Å². The van der Waals surface area contributed by atoms with Gasteiger partial charge in [-0.1, -0.05) is 0 Å². The summed E-state index contributed by atoms with van der Waals surface area (Å²) in [5, 5.41) is 0. The van der Waals surface area contributed by atoms with E-state index in [1.807, 2.05) is 18.1 Å². The van der Waals surface area contributed by atoms with Crippen molar-refractivity contribution < 1.29 is 4.21 Å². The van der Waals surface area contributed by atoms with Crippen molar-refractivity contribution in [2.45, 2.75) is 6.04 Å². The van der Waals surface area contributed by atoms with E-state index in [1.165, 1.54) is 5.57 Å². The normalized spacial score (nSPS) is 35.4. The molecule has 0 N–H and O–H groups in total. The van der Waals surface area contributed by atoms with Crippen molar-refractivity contribution in [3.05, 3.63) is 11.8 Å². The highest BCUT2D eigenvalue weighted by Crippen LogP contribution is 2.21. The predicted octanol–water partition coefficient (Wildman–Crippen LogP) is -0.0251. The standard InChI is InChI=1S/C7H10N2OS/c1-9-5-8-2-6-3-11(10)4-7(6)9/h2,5,7H,3-4H2,1H3. The molecule has 0 bridgehead atoms. The summed E-state index contributed by atoms with van der Waals surface area (Å²) in [4.78, 5) is 6.07. The van der Waals surface area contributed by atoms with Gasteiger partial charge in [0.2, 0.25) is 0 Å². The van der Waals surface area contributed by atoms with E-state index in [4.69, 9.17) is 0 Å². The first kappa shape index (κ1) is 7.03. The summed E-state index contributed by atoms with van der Waals surface area (Å²) in [6.45, 7) is 0. The van der Waals surface area contributed by atoms with Gasteiger partial charge in [-0.15, -0.1) is 0 Å². The fourth-order valence-electron chi connectivity index (χ4n) is 1.44. The molecule has 4 heteroatoms. The smallest absolute Gasteiger partial charge is 0.0907 e. The van der Waals surface area contributed by atoms with Gasteiger partial charge >= 0.3 is 0 Å². The summed E-state index contributed by atoms with van der Waals surface area (Å²) in [7, 11) is 1.32. The highest BCUT2D eigenvalue weighted by atomic mass is 32.2. The molecular formula is C7H10N2OS. The molecule has 2 heterocycles. The van der Waals surface area contributed by atoms with Gasteiger partial charge in [0.1, 0.15) is 0 Å². The molecule has 2 unspecified atom stereocenters. The van der Waals surface area contributed by atoms with Crippen LogP contribution in [0.15, 0.2) is 16.8 Å². The number of likely N-dealkylation sites (N-methyl/N-ethyl adjacent to an activating group) is 1. The fourth-order valence-corrected chi connectivity index (χ4v) is 3.00. The lowest BCUT2D eigenvalue weighted by atomic mass is 10.1. The van der Waals surface area contributed by atoms with E-state index >= 15 is 0 Å². The number of hydrogen-bond donors (Lipinski definition) is 0. The average Bonchev–Trinajstić information content (AvgIpc) is 2.31. The lowest BCUT2D eigenvalue weighted by molar-refractivity contribution is 0.452. The first-order valence-corrected chi connectivity index (χ1v) is 5.05. The van der Waals surface area contributed by atoms with Crippen LogP contribution in [0, 0.1) is 0 Å². The first-order valence-electron chi connectivity index (χ1n) is 3.56. The molecule has 0 spiro atoms. The third-order valence-electron chi connectivity index (χ3n) is 2.08. The van der Waals surface area contributed by atoms with Crippen LogP contribution in [-0.2, 0) is 10.8 Å². The molecule has 3 nitrogen and oxygen atoms in total. The van der Waals surface area contributed by atoms with Crippen LogP contribution in [0.4, 0.5) is 0 Å². The Bertz CT molecular complexity index is 259. The first-order chi connectivity index (χ1) is 5.27. The van der Waals surface area contributed by atoms with E-state index in [-0.39, 0.29) is 0 Å². The summed E-state index contributed by atoms with van der Waals surface area (Å²) < 4.78 is 11.1. The maximum atomic E-state index is 11.1. The van der Waals surface area contributed by atoms with E-state index < -0.39 is 10.8 Å². The zero-order valence-corrected chi connectivity index (χ0v) is 7.17. The lowest BCUT2D eigenvalue weighted by Crippen LogP contribution is -2.33. The number of aliphatic imine (C=N–C) groups is 1. The Kier molecular flexibility index (Phi) is 1.56. The molecule has 0 aromatic rings. The Labute approximate surface area is 68.3 Å². The van der Waals surface area contributed by atoms with E-state index in [2.05, 4.69) is 4.99 Å². The minimum Gasteiger partial charge on any atom is -0.358 e. The van der Waals surface area contributed by atoms with Gasteiger partial charge in [-0.25, -0.2) is 4.99 Å². The highest BCUT2D eigenvalue weighted by Gasteiger charge is 2.30. The van der Waals surface area contributed by atoms with Crippen LogP contribution >= 0.6 is 0 Å². The molecular weight excluding hydrogens is 160 g/mol. The van der Waals surface area contributed by atoms with Gasteiger partial charge in [0.15, 0.2) is 0 Å². The van der Waals surface area contributed by atoms with E-state index in [0.717, 1.165) is 5.75 Å². The molecule has 2 atom stereocenters. The number of nitrogens with zero attached hydrogens (tertiary/aromatic N) is 2. The Morgan fingerprint density at radius 2 is 2.64 bits per heavy atom. The van der Waals surface area contributed by atoms with E-state index in [1.54, 1.807) is 6.34 Å². The van der Waals surface area contributed by atoms with Gasteiger partial charge in [-0.2, -0.15) is 0 Å². The van der Waals surface area contributed by atoms with Crippen molar-refractivity contribution >= 4 is 17.1 Å². The lowest BCUT2D eigenvalue weighted by Gasteiger charge is -2.24. The van der Waals surface area contributed by atoms with Crippen molar-refractivity contribution in [3.63, 3.8) is 0 Å². The van der Waals surface area contributed by atoms with Gasteiger partial charge in [0, 0.05) is 35.6 Å². The number of rotatable bonds is 0. The van der Waals surface area contributed by atoms with Gasteiger partial charge < -0.3 is 4.90 Å². The summed E-state index contributed by atoms with van der Waals surface area (Å²) in [5.41, 5.74) is 1.22. The van der Waals surface area contributed by atoms with Crippen molar-refractivity contribution in [3.8, 4) is 0 Å². The van der Waals surface area contributed by atoms with Gasteiger partial charge in [0.05, 0.1) is 12.4 Å². The van der Waals surface area contributed by atoms with Crippen LogP contribution in [0.3, 0.4) is 0 Å². The second-order valence-corrected chi connectivity index (χ2v) is 4.40. The van der Waals surface area contributed by atoms with E-state index in [9.17, 15) is 4.21 Å². The number of hydrogen-bond acceptors (Lipinski definition) is 3. The van der Waals surface area contributed by atoms with Crippen LogP contribution in [0.5, 0.6) is 0 Å². The van der Waals surface area contributed by atoms with Gasteiger partial charge in [-0.05, 0) is 5.57 Å². The molecule has 0 radical (unpaired) electrons. The second-order valence-electron chi connectivity index (χ2n) is 2.90. The van der Waals surface area contributed by atoms with Crippen molar-refractivity contribution in [2.75, 3.05) is 18.6 Å². The summed E-state index contributed by atoms with van der Waals surface area (Å²) >= 11 is 0. The predicted molar refractivity (Wildman–Crippen MR) is 46.0 cm³/mol. The van der Waals surface area contributed by atoms with Gasteiger partial charge in [-0.3, -0.25) is 4.21 Å². The minimum atomic E-state index is -0.653. The monoisotopic (exact) mass is 170 g/mol. The van der Waals surface area contributed by atoms with Crippen molar-refractivity contribution in [1.29, 1.82) is 0 Å². The molecule has 2 rings (SSSR count). The average molecular weight is 170 g/mol. The molecule has 0 aromatic heterocycles. The Morgan fingerprint density at radius 3 is 3.36 bits per heavy atom. The molecule has 11 heavy (non-hydrogen) atoms. The molecule has 60 valence electrons. The zero-order valence-electron chi connectivity index (χ0n) is 6.36. The van der Waals surface area contributed by atoms with Crippen molar-refractivity contribution in [1.82, 2.24) is 4.90 Å². The second kappa shape index (κ2) is 2.44. The quantitative estimate of drug-likeness (QED) is 0.511. The SMILES string of the molecule is CN1C=NC=C2CS(=O)CC21. The largest absolute Gasteiger partial charge is 0.358 e. The van der Waals surface area contributed by atoms with Gasteiger partial charge in [0.25, 0.3) is 0 Å². The molecule has 0 aromatic carbocycles. The fraction of sp³-hybridized carbons (Fsp3) is 0.571. The minimum absolute atomic E-state index is 0.355. The zero-order chi connectivity index (χ0) is 7.84. The topological polar surface area (TPSA) is 32.7 Å². The van der Waals surface area contributed by atoms with Crippen LogP contribution in [-0.4, -0.2) is 40.0 Å². The van der Waals surface area contributed by atoms with Crippen LogP contribution in [0.2, 0.25) is 0 Å². The maximum Gasteiger partial charge on any atom is 0.0907 e. The molecule has 0 amide bonds. The summed E-state index contributed by atoms with van der Waals surface area (Å²) in [6.07, 6.45) is 3.63. The van der Waals surface area contributed by atoms with Crippen molar-refractivity contribution in [2.24, 2.45) is 4.99 Å². The summed E-state index contributed by atoms with van der Waals surface area (Å²) in [6, 6.07) is 0.355. The maximum absolute atomic E-state index is 11.1. The molecule has 0 aliphatic carbocycles. The molecule has 1 saturated heterocycles. The summed E-state index contributed by atoms with van der Waals surface area (Å²) in [5.74, 6) is 1.49. The van der Waals surface area contributed by atoms with Crippen LogP contribution < -0.4 is 0 Å². The van der Waals surface area contributed by atoms with Crippen LogP contribution in [0.1, 0.15) is 0 Å². The molecule has 0 saturated carbocycles. The highest BCUT2D eigenvalue weighted by molar-refractivity contribution is 7.85. The van der Waals surface area contributed by atoms with Crippen LogP contribution in [0.25, 0.3) is 0 Å². The molecule has 2 aliphatic rings. The number of fused-ring (bicyclic) bond motifs is 1. The Balaban J connectivity index is 2.28. The molecule has 2 aliphatic heterocycles. The third-order valence-corrected chi connectivity index (χ3v) is 3.42. The third kappa shape index (κ3) is 1.11. The molecule has 1 fully saturated rings. The Morgan fingerprint density at radius 1 is 1.82 bits per heavy atom. The Hall–Kier alpha value is -0.640.